The fourth-order valence-electron chi connectivity index (χ4n) is 2.91. The van der Waals surface area contributed by atoms with E-state index in [0.29, 0.717) is 16.3 Å². The number of benzene rings is 3. The minimum atomic E-state index is -0.160. The van der Waals surface area contributed by atoms with Crippen LogP contribution in [0.1, 0.15) is 22.7 Å². The number of hydrogen-bond donors (Lipinski definition) is 2. The second kappa shape index (κ2) is 9.00. The molecular formula is C22H19ClN3O+. The lowest BCUT2D eigenvalue weighted by molar-refractivity contribution is -0.676. The summed E-state index contributed by atoms with van der Waals surface area (Å²) < 4.78 is 0. The lowest BCUT2D eigenvalue weighted by atomic mass is 9.99. The molecule has 0 spiro atoms. The Morgan fingerprint density at radius 2 is 1.59 bits per heavy atom. The first-order valence-electron chi connectivity index (χ1n) is 8.60. The van der Waals surface area contributed by atoms with Crippen LogP contribution in [0, 0.1) is 11.3 Å². The summed E-state index contributed by atoms with van der Waals surface area (Å²) in [6.07, 6.45) is 0. The van der Waals surface area contributed by atoms with E-state index < -0.39 is 0 Å². The average Bonchev–Trinajstić information content (AvgIpc) is 2.70. The van der Waals surface area contributed by atoms with E-state index in [1.807, 2.05) is 59.9 Å². The molecule has 27 heavy (non-hydrogen) atoms. The van der Waals surface area contributed by atoms with Gasteiger partial charge < -0.3 is 10.6 Å². The number of nitrogens with one attached hydrogen (secondary N) is 1. The smallest absolute Gasteiger partial charge is 0.279 e. The van der Waals surface area contributed by atoms with Crippen molar-refractivity contribution in [2.24, 2.45) is 0 Å². The van der Waals surface area contributed by atoms with E-state index in [9.17, 15) is 4.79 Å². The third kappa shape index (κ3) is 4.95. The van der Waals surface area contributed by atoms with Crippen LogP contribution in [0.3, 0.4) is 0 Å². The molecule has 3 aromatic rings. The second-order valence-electron chi connectivity index (χ2n) is 6.09. The van der Waals surface area contributed by atoms with Crippen LogP contribution < -0.4 is 10.6 Å². The van der Waals surface area contributed by atoms with Gasteiger partial charge in [0.1, 0.15) is 12.1 Å². The predicted molar refractivity (Wildman–Crippen MR) is 106 cm³/mol. The summed E-state index contributed by atoms with van der Waals surface area (Å²) in [5.41, 5.74) is 3.14. The van der Waals surface area contributed by atoms with Gasteiger partial charge in [0.25, 0.3) is 5.91 Å². The zero-order chi connectivity index (χ0) is 19.1. The Morgan fingerprint density at radius 1 is 0.963 bits per heavy atom. The molecule has 3 N–H and O–H groups in total. The molecule has 3 rings (SSSR count). The van der Waals surface area contributed by atoms with Gasteiger partial charge in [0.15, 0.2) is 6.54 Å². The van der Waals surface area contributed by atoms with Crippen molar-refractivity contribution in [3.8, 4) is 6.07 Å². The summed E-state index contributed by atoms with van der Waals surface area (Å²) in [4.78, 5) is 12.4. The van der Waals surface area contributed by atoms with Crippen LogP contribution in [0.4, 0.5) is 5.69 Å². The SMILES string of the molecule is N#Cc1ccccc1NC(=O)C[NH2+][C@@H](c1ccccc1)c1ccc(Cl)cc1. The number of carbonyl (C=O) groups is 1. The van der Waals surface area contributed by atoms with Crippen LogP contribution in [-0.4, -0.2) is 12.5 Å². The molecule has 3 aromatic carbocycles. The molecule has 4 nitrogen and oxygen atoms in total. The van der Waals surface area contributed by atoms with Crippen molar-refractivity contribution in [2.45, 2.75) is 6.04 Å². The highest BCUT2D eigenvalue weighted by molar-refractivity contribution is 6.30. The molecule has 0 aliphatic rings. The number of hydrogen-bond acceptors (Lipinski definition) is 2. The van der Waals surface area contributed by atoms with Gasteiger partial charge in [-0.25, -0.2) is 0 Å². The van der Waals surface area contributed by atoms with Crippen molar-refractivity contribution in [3.63, 3.8) is 0 Å². The number of nitrogens with zero attached hydrogens (tertiary/aromatic N) is 1. The molecule has 0 bridgehead atoms. The van der Waals surface area contributed by atoms with Crippen molar-refractivity contribution in [1.82, 2.24) is 0 Å². The lowest BCUT2D eigenvalue weighted by Gasteiger charge is -2.17. The number of quaternary nitrogens is 1. The molecular weight excluding hydrogens is 358 g/mol. The number of nitrogens with two attached hydrogens (primary N) is 1. The van der Waals surface area contributed by atoms with E-state index in [0.717, 1.165) is 11.1 Å². The highest BCUT2D eigenvalue weighted by atomic mass is 35.5. The van der Waals surface area contributed by atoms with Gasteiger partial charge in [-0.05, 0) is 24.3 Å². The van der Waals surface area contributed by atoms with Gasteiger partial charge in [0.05, 0.1) is 11.3 Å². The highest BCUT2D eigenvalue weighted by Gasteiger charge is 2.19. The summed E-state index contributed by atoms with van der Waals surface area (Å²) in [6.45, 7) is 0.224. The Hall–Kier alpha value is -3.13. The Bertz CT molecular complexity index is 949. The minimum Gasteiger partial charge on any atom is -0.328 e. The third-order valence-corrected chi connectivity index (χ3v) is 4.50. The molecule has 0 fully saturated rings. The van der Waals surface area contributed by atoms with Crippen molar-refractivity contribution in [1.29, 1.82) is 5.26 Å². The second-order valence-corrected chi connectivity index (χ2v) is 6.52. The highest BCUT2D eigenvalue weighted by Crippen LogP contribution is 2.20. The molecule has 0 unspecified atom stereocenters. The van der Waals surface area contributed by atoms with Crippen LogP contribution in [0.2, 0.25) is 5.02 Å². The summed E-state index contributed by atoms with van der Waals surface area (Å²) in [5, 5.41) is 14.6. The van der Waals surface area contributed by atoms with Gasteiger partial charge in [0.2, 0.25) is 0 Å². The maximum Gasteiger partial charge on any atom is 0.279 e. The first kappa shape index (κ1) is 18.7. The largest absolute Gasteiger partial charge is 0.328 e. The number of anilines is 1. The monoisotopic (exact) mass is 376 g/mol. The van der Waals surface area contributed by atoms with Crippen LogP contribution in [-0.2, 0) is 4.79 Å². The average molecular weight is 377 g/mol. The standard InChI is InChI=1S/C22H18ClN3O/c23-19-12-10-17(11-13-19)22(16-6-2-1-3-7-16)25-15-21(27)26-20-9-5-4-8-18(20)14-24/h1-13,22,25H,15H2,(H,26,27)/p+1/t22-/m0/s1. The van der Waals surface area contributed by atoms with E-state index >= 15 is 0 Å². The van der Waals surface area contributed by atoms with Crippen LogP contribution >= 0.6 is 11.6 Å². The fraction of sp³-hybridized carbons (Fsp3) is 0.0909. The van der Waals surface area contributed by atoms with E-state index in [2.05, 4.69) is 11.4 Å². The molecule has 5 heteroatoms. The number of rotatable bonds is 6. The first-order valence-corrected chi connectivity index (χ1v) is 8.98. The maximum absolute atomic E-state index is 12.4. The predicted octanol–water partition coefficient (Wildman–Crippen LogP) is 3.50. The van der Waals surface area contributed by atoms with Gasteiger partial charge >= 0.3 is 0 Å². The summed E-state index contributed by atoms with van der Waals surface area (Å²) in [7, 11) is 0. The molecule has 0 aromatic heterocycles. The topological polar surface area (TPSA) is 69.5 Å². The molecule has 0 saturated carbocycles. The molecule has 134 valence electrons. The van der Waals surface area contributed by atoms with Gasteiger partial charge in [0, 0.05) is 16.1 Å². The number of nitriles is 1. The number of carbonyl (C=O) groups excluding carboxylic acids is 1. The summed E-state index contributed by atoms with van der Waals surface area (Å²) in [5.74, 6) is -0.160. The van der Waals surface area contributed by atoms with E-state index in [4.69, 9.17) is 16.9 Å². The van der Waals surface area contributed by atoms with Crippen LogP contribution in [0.5, 0.6) is 0 Å². The lowest BCUT2D eigenvalue weighted by Crippen LogP contribution is -2.87. The van der Waals surface area contributed by atoms with Crippen molar-refractivity contribution in [2.75, 3.05) is 11.9 Å². The van der Waals surface area contributed by atoms with Gasteiger partial charge in [-0.2, -0.15) is 5.26 Å². The third-order valence-electron chi connectivity index (χ3n) is 4.25. The Balaban J connectivity index is 1.74. The number of amides is 1. The van der Waals surface area contributed by atoms with Crippen molar-refractivity contribution >= 4 is 23.2 Å². The molecule has 1 amide bonds. The Kier molecular flexibility index (Phi) is 6.22. The number of para-hydroxylation sites is 1. The van der Waals surface area contributed by atoms with E-state index in [-0.39, 0.29) is 18.5 Å². The zero-order valence-electron chi connectivity index (χ0n) is 14.6. The molecule has 0 aliphatic heterocycles. The molecule has 0 saturated heterocycles. The summed E-state index contributed by atoms with van der Waals surface area (Å²) in [6, 6.07) is 26.7. The Labute approximate surface area is 163 Å². The van der Waals surface area contributed by atoms with E-state index in [1.54, 1.807) is 24.3 Å². The minimum absolute atomic E-state index is 0.0274. The van der Waals surface area contributed by atoms with Crippen LogP contribution in [0.25, 0.3) is 0 Å². The first-order chi connectivity index (χ1) is 13.2. The number of halogens is 1. The Morgan fingerprint density at radius 3 is 2.30 bits per heavy atom. The van der Waals surface area contributed by atoms with Crippen molar-refractivity contribution in [3.05, 3.63) is 101 Å². The van der Waals surface area contributed by atoms with Gasteiger partial charge in [-0.3, -0.25) is 4.79 Å². The molecule has 0 heterocycles. The van der Waals surface area contributed by atoms with E-state index in [1.165, 1.54) is 0 Å². The zero-order valence-corrected chi connectivity index (χ0v) is 15.4. The van der Waals surface area contributed by atoms with Crippen molar-refractivity contribution < 1.29 is 10.1 Å². The summed E-state index contributed by atoms with van der Waals surface area (Å²) >= 11 is 6.01. The van der Waals surface area contributed by atoms with Gasteiger partial charge in [-0.1, -0.05) is 66.2 Å². The maximum atomic E-state index is 12.4. The fourth-order valence-corrected chi connectivity index (χ4v) is 3.04. The van der Waals surface area contributed by atoms with Gasteiger partial charge in [-0.15, -0.1) is 0 Å². The molecule has 1 atom stereocenters. The van der Waals surface area contributed by atoms with Crippen LogP contribution in [0.15, 0.2) is 78.9 Å². The quantitative estimate of drug-likeness (QED) is 0.691. The normalized spacial score (nSPS) is 11.4. The molecule has 0 radical (unpaired) electrons. The molecule has 0 aliphatic carbocycles.